The SMILES string of the molecule is Cc1[nH]c(=O)sc1S(=O)(=O)NC1CC2CCC(C1)N2. The first-order valence-electron chi connectivity index (χ1n) is 6.42. The molecule has 3 heterocycles. The van der Waals surface area contributed by atoms with E-state index in [9.17, 15) is 13.2 Å². The smallest absolute Gasteiger partial charge is 0.305 e. The number of nitrogens with one attached hydrogen (secondary N) is 3. The maximum absolute atomic E-state index is 12.3. The molecule has 0 spiro atoms. The molecule has 2 unspecified atom stereocenters. The van der Waals surface area contributed by atoms with Crippen LogP contribution in [0.5, 0.6) is 0 Å². The van der Waals surface area contributed by atoms with Gasteiger partial charge in [-0.2, -0.15) is 0 Å². The summed E-state index contributed by atoms with van der Waals surface area (Å²) >= 11 is 0.750. The number of aryl methyl sites for hydroxylation is 1. The maximum atomic E-state index is 12.3. The summed E-state index contributed by atoms with van der Waals surface area (Å²) in [6.07, 6.45) is 3.90. The van der Waals surface area contributed by atoms with E-state index < -0.39 is 10.0 Å². The minimum atomic E-state index is -3.58. The molecule has 106 valence electrons. The lowest BCUT2D eigenvalue weighted by Gasteiger charge is -2.29. The summed E-state index contributed by atoms with van der Waals surface area (Å²) in [4.78, 5) is 13.4. The van der Waals surface area contributed by atoms with Gasteiger partial charge < -0.3 is 10.3 Å². The van der Waals surface area contributed by atoms with Crippen LogP contribution in [0, 0.1) is 6.92 Å². The predicted octanol–water partition coefficient (Wildman–Crippen LogP) is 0.306. The highest BCUT2D eigenvalue weighted by Crippen LogP contribution is 2.28. The number of piperidine rings is 1. The Hall–Kier alpha value is -0.700. The molecule has 1 aromatic rings. The number of hydrogen-bond donors (Lipinski definition) is 3. The molecule has 0 saturated carbocycles. The molecular weight excluding hydrogens is 286 g/mol. The number of thiazole rings is 1. The Balaban J connectivity index is 1.79. The summed E-state index contributed by atoms with van der Waals surface area (Å²) < 4.78 is 27.4. The van der Waals surface area contributed by atoms with Crippen LogP contribution in [0.25, 0.3) is 0 Å². The van der Waals surface area contributed by atoms with Gasteiger partial charge in [-0.05, 0) is 32.6 Å². The monoisotopic (exact) mass is 303 g/mol. The van der Waals surface area contributed by atoms with Gasteiger partial charge >= 0.3 is 4.87 Å². The second-order valence-corrected chi connectivity index (χ2v) is 8.25. The second-order valence-electron chi connectivity index (χ2n) is 5.35. The first kappa shape index (κ1) is 13.3. The van der Waals surface area contributed by atoms with Crippen LogP contribution in [0.3, 0.4) is 0 Å². The zero-order chi connectivity index (χ0) is 13.6. The molecule has 2 saturated heterocycles. The van der Waals surface area contributed by atoms with Gasteiger partial charge in [-0.25, -0.2) is 13.1 Å². The van der Waals surface area contributed by atoms with E-state index >= 15 is 0 Å². The van der Waals surface area contributed by atoms with Crippen molar-refractivity contribution in [3.05, 3.63) is 15.4 Å². The third-order valence-electron chi connectivity index (χ3n) is 3.82. The fourth-order valence-electron chi connectivity index (χ4n) is 3.07. The molecule has 2 aliphatic heterocycles. The number of fused-ring (bicyclic) bond motifs is 2. The highest BCUT2D eigenvalue weighted by molar-refractivity contribution is 7.91. The molecule has 1 aromatic heterocycles. The largest absolute Gasteiger partial charge is 0.315 e. The van der Waals surface area contributed by atoms with Gasteiger partial charge in [0.15, 0.2) is 4.21 Å². The average molecular weight is 303 g/mol. The van der Waals surface area contributed by atoms with Crippen molar-refractivity contribution in [3.8, 4) is 0 Å². The molecule has 0 amide bonds. The number of H-pyrrole nitrogens is 1. The fourth-order valence-corrected chi connectivity index (χ4v) is 5.65. The molecule has 0 radical (unpaired) electrons. The molecule has 2 atom stereocenters. The van der Waals surface area contributed by atoms with Crippen molar-refractivity contribution < 1.29 is 8.42 Å². The molecule has 3 N–H and O–H groups in total. The Kier molecular flexibility index (Phi) is 3.28. The molecule has 0 aliphatic carbocycles. The quantitative estimate of drug-likeness (QED) is 0.749. The van der Waals surface area contributed by atoms with Gasteiger partial charge in [0.1, 0.15) is 0 Å². The Morgan fingerprint density at radius 1 is 1.26 bits per heavy atom. The van der Waals surface area contributed by atoms with E-state index in [0.717, 1.165) is 37.0 Å². The Labute approximate surface area is 115 Å². The second kappa shape index (κ2) is 4.69. The molecule has 2 bridgehead atoms. The Morgan fingerprint density at radius 3 is 2.42 bits per heavy atom. The molecule has 2 fully saturated rings. The van der Waals surface area contributed by atoms with Crippen LogP contribution in [-0.4, -0.2) is 31.5 Å². The first-order chi connectivity index (χ1) is 8.94. The molecular formula is C11H17N3O3S2. The van der Waals surface area contributed by atoms with Gasteiger partial charge in [-0.15, -0.1) is 0 Å². The zero-order valence-electron chi connectivity index (χ0n) is 10.6. The van der Waals surface area contributed by atoms with Crippen molar-refractivity contribution in [1.29, 1.82) is 0 Å². The van der Waals surface area contributed by atoms with E-state index in [-0.39, 0.29) is 15.1 Å². The van der Waals surface area contributed by atoms with E-state index in [1.807, 2.05) is 0 Å². The number of rotatable bonds is 3. The van der Waals surface area contributed by atoms with Crippen molar-refractivity contribution in [2.24, 2.45) is 0 Å². The van der Waals surface area contributed by atoms with Crippen LogP contribution in [0.1, 0.15) is 31.4 Å². The van der Waals surface area contributed by atoms with Gasteiger partial charge in [0, 0.05) is 23.8 Å². The Bertz CT molecular complexity index is 622. The molecule has 2 aliphatic rings. The van der Waals surface area contributed by atoms with E-state index in [1.54, 1.807) is 6.92 Å². The summed E-state index contributed by atoms with van der Waals surface area (Å²) in [6, 6.07) is 0.829. The third kappa shape index (κ3) is 2.62. The highest BCUT2D eigenvalue weighted by atomic mass is 32.2. The lowest BCUT2D eigenvalue weighted by molar-refractivity contribution is 0.345. The lowest BCUT2D eigenvalue weighted by Crippen LogP contribution is -2.47. The number of hydrogen-bond acceptors (Lipinski definition) is 5. The van der Waals surface area contributed by atoms with Gasteiger partial charge in [-0.1, -0.05) is 11.3 Å². The van der Waals surface area contributed by atoms with Gasteiger partial charge in [-0.3, -0.25) is 4.79 Å². The van der Waals surface area contributed by atoms with Gasteiger partial charge in [0.25, 0.3) is 10.0 Å². The predicted molar refractivity (Wildman–Crippen MR) is 73.0 cm³/mol. The van der Waals surface area contributed by atoms with Crippen LogP contribution in [-0.2, 0) is 10.0 Å². The minimum Gasteiger partial charge on any atom is -0.315 e. The standard InChI is InChI=1S/C11H17N3O3S2/c1-6-10(18-11(15)12-6)19(16,17)14-9-4-7-2-3-8(5-9)13-7/h7-9,13-14H,2-5H2,1H3,(H,12,15). The van der Waals surface area contributed by atoms with Crippen LogP contribution in [0.2, 0.25) is 0 Å². The van der Waals surface area contributed by atoms with Gasteiger partial charge in [0.2, 0.25) is 0 Å². The van der Waals surface area contributed by atoms with E-state index in [4.69, 9.17) is 0 Å². The molecule has 8 heteroatoms. The van der Waals surface area contributed by atoms with Crippen LogP contribution >= 0.6 is 11.3 Å². The third-order valence-corrected chi connectivity index (χ3v) is 6.95. The normalized spacial score (nSPS) is 30.7. The van der Waals surface area contributed by atoms with Crippen LogP contribution in [0.15, 0.2) is 9.00 Å². The molecule has 0 aromatic carbocycles. The van der Waals surface area contributed by atoms with Crippen molar-refractivity contribution in [2.75, 3.05) is 0 Å². The van der Waals surface area contributed by atoms with Crippen molar-refractivity contribution >= 4 is 21.4 Å². The summed E-state index contributed by atoms with van der Waals surface area (Å²) in [7, 11) is -3.58. The maximum Gasteiger partial charge on any atom is 0.305 e. The zero-order valence-corrected chi connectivity index (χ0v) is 12.2. The number of aromatic nitrogens is 1. The number of sulfonamides is 1. The minimum absolute atomic E-state index is 0.0275. The molecule has 3 rings (SSSR count). The summed E-state index contributed by atoms with van der Waals surface area (Å²) in [6.45, 7) is 1.61. The fraction of sp³-hybridized carbons (Fsp3) is 0.727. The average Bonchev–Trinajstić information content (AvgIpc) is 2.81. The number of aromatic amines is 1. The van der Waals surface area contributed by atoms with Crippen molar-refractivity contribution in [2.45, 2.75) is 54.9 Å². The van der Waals surface area contributed by atoms with Crippen molar-refractivity contribution in [3.63, 3.8) is 0 Å². The Morgan fingerprint density at radius 2 is 1.89 bits per heavy atom. The highest BCUT2D eigenvalue weighted by Gasteiger charge is 2.36. The van der Waals surface area contributed by atoms with Crippen LogP contribution < -0.4 is 14.9 Å². The van der Waals surface area contributed by atoms with E-state index in [0.29, 0.717) is 17.8 Å². The molecule has 19 heavy (non-hydrogen) atoms. The van der Waals surface area contributed by atoms with Crippen molar-refractivity contribution in [1.82, 2.24) is 15.0 Å². The summed E-state index contributed by atoms with van der Waals surface area (Å²) in [5.41, 5.74) is 0.416. The topological polar surface area (TPSA) is 91.1 Å². The van der Waals surface area contributed by atoms with Crippen LogP contribution in [0.4, 0.5) is 0 Å². The molecule has 6 nitrogen and oxygen atoms in total. The van der Waals surface area contributed by atoms with Gasteiger partial charge in [0.05, 0.1) is 0 Å². The first-order valence-corrected chi connectivity index (χ1v) is 8.72. The summed E-state index contributed by atoms with van der Waals surface area (Å²) in [5, 5.41) is 3.47. The lowest BCUT2D eigenvalue weighted by atomic mass is 10.0. The summed E-state index contributed by atoms with van der Waals surface area (Å²) in [5.74, 6) is 0. The van der Waals surface area contributed by atoms with E-state index in [2.05, 4.69) is 15.0 Å². The van der Waals surface area contributed by atoms with E-state index in [1.165, 1.54) is 0 Å².